The summed E-state index contributed by atoms with van der Waals surface area (Å²) >= 11 is 0. The van der Waals surface area contributed by atoms with Crippen LogP contribution in [-0.4, -0.2) is 0 Å². The number of fused-ring (bicyclic) bond motifs is 1. The van der Waals surface area contributed by atoms with Crippen LogP contribution in [0.5, 0.6) is 0 Å². The van der Waals surface area contributed by atoms with Gasteiger partial charge in [0.15, 0.2) is 0 Å². The topological polar surface area (TPSA) is 6.48 Å². The van der Waals surface area contributed by atoms with Crippen molar-refractivity contribution in [1.82, 2.24) is 0 Å². The molecule has 0 saturated heterocycles. The number of allylic oxidation sites excluding steroid dienone is 31. The van der Waals surface area contributed by atoms with Crippen molar-refractivity contribution in [2.45, 2.75) is 76.0 Å². The average molecular weight is 857 g/mol. The quantitative estimate of drug-likeness (QED) is 0.190. The Balaban J connectivity index is 0.876. The predicted molar refractivity (Wildman–Crippen MR) is 280 cm³/mol. The lowest BCUT2D eigenvalue weighted by atomic mass is 9.82. The number of hydrogen-bond donors (Lipinski definition) is 0. The van der Waals surface area contributed by atoms with Crippen LogP contribution in [0.3, 0.4) is 0 Å². The summed E-state index contributed by atoms with van der Waals surface area (Å²) in [6.45, 7) is 0. The van der Waals surface area contributed by atoms with Crippen molar-refractivity contribution >= 4 is 22.6 Å². The molecule has 0 spiro atoms. The molecule has 66 heavy (non-hydrogen) atoms. The predicted octanol–water partition coefficient (Wildman–Crippen LogP) is 16.9. The molecule has 11 rings (SSSR count). The van der Waals surface area contributed by atoms with E-state index >= 15 is 0 Å². The van der Waals surface area contributed by atoms with Crippen LogP contribution in [0.15, 0.2) is 258 Å². The normalized spacial score (nSPS) is 24.0. The van der Waals surface area contributed by atoms with Gasteiger partial charge in [-0.15, -0.1) is 0 Å². The lowest BCUT2D eigenvalue weighted by Crippen LogP contribution is -2.24. The maximum Gasteiger partial charge on any atom is 0.0458 e. The van der Waals surface area contributed by atoms with Crippen molar-refractivity contribution < 1.29 is 0 Å². The monoisotopic (exact) mass is 856 g/mol. The summed E-state index contributed by atoms with van der Waals surface area (Å²) in [5, 5.41) is 0. The van der Waals surface area contributed by atoms with E-state index in [0.717, 1.165) is 64.2 Å². The summed E-state index contributed by atoms with van der Waals surface area (Å²) in [6, 6.07) is 28.0. The van der Waals surface area contributed by atoms with Crippen LogP contribution in [-0.2, 0) is 0 Å². The van der Waals surface area contributed by atoms with Gasteiger partial charge < -0.3 is 9.80 Å². The van der Waals surface area contributed by atoms with Crippen molar-refractivity contribution in [3.05, 3.63) is 275 Å². The Kier molecular flexibility index (Phi) is 12.2. The molecule has 0 amide bonds. The Hall–Kier alpha value is -6.90. The van der Waals surface area contributed by atoms with Gasteiger partial charge in [-0.25, -0.2) is 0 Å². The fourth-order valence-electron chi connectivity index (χ4n) is 11.0. The van der Waals surface area contributed by atoms with Gasteiger partial charge in [0, 0.05) is 57.8 Å². The fraction of sp³-hybridized carbons (Fsp3) is 0.219. The van der Waals surface area contributed by atoms with Crippen LogP contribution in [0.4, 0.5) is 17.1 Å². The minimum Gasteiger partial charge on any atom is -0.315 e. The molecule has 0 aromatic heterocycles. The van der Waals surface area contributed by atoms with E-state index in [9.17, 15) is 0 Å². The molecule has 326 valence electrons. The summed E-state index contributed by atoms with van der Waals surface area (Å²) in [4.78, 5) is 5.02. The molecule has 0 fully saturated rings. The van der Waals surface area contributed by atoms with Gasteiger partial charge in [0.1, 0.15) is 0 Å². The third kappa shape index (κ3) is 8.90. The summed E-state index contributed by atoms with van der Waals surface area (Å²) in [7, 11) is 0. The lowest BCUT2D eigenvalue weighted by molar-refractivity contribution is 0.755. The summed E-state index contributed by atoms with van der Waals surface area (Å²) in [5.41, 5.74) is 18.8. The van der Waals surface area contributed by atoms with Crippen LogP contribution >= 0.6 is 0 Å². The first-order valence-electron chi connectivity index (χ1n) is 24.6. The highest BCUT2D eigenvalue weighted by Crippen LogP contribution is 2.42. The average Bonchev–Trinajstić information content (AvgIpc) is 3.41. The van der Waals surface area contributed by atoms with Gasteiger partial charge in [0.25, 0.3) is 0 Å². The maximum absolute atomic E-state index is 2.53. The molecule has 2 nitrogen and oxygen atoms in total. The van der Waals surface area contributed by atoms with E-state index < -0.39 is 0 Å². The summed E-state index contributed by atoms with van der Waals surface area (Å²) in [6.07, 6.45) is 66.1. The number of benzene rings is 3. The van der Waals surface area contributed by atoms with Crippen molar-refractivity contribution in [3.8, 4) is 0 Å². The Morgan fingerprint density at radius 2 is 0.985 bits per heavy atom. The first-order valence-corrected chi connectivity index (χ1v) is 24.6. The SMILES string of the molecule is C1=CCC(c2ccc(N(C3=CCC(C4=CCCC=C4)C=C3)C3=CC=C(C4=CC=C(N(c5ccc(C6=C7C=CC=CC7CC=C6)cc5)c5ccc(C6C=CC=CC6)cc5)CC4)CC3)cc2)C=C1. The molecular formula is C64H60N2. The first-order chi connectivity index (χ1) is 32.7. The summed E-state index contributed by atoms with van der Waals surface area (Å²) in [5.74, 6) is 1.79. The Bertz CT molecular complexity index is 2840. The van der Waals surface area contributed by atoms with E-state index in [1.54, 1.807) is 0 Å². The standard InChI is InChI=1S/C64H60N2/c1-4-13-47(14-5-1)50-23-35-57(36-24-50)65(58-37-25-51(26-38-58)48-15-6-2-7-16-48)60-41-29-53(30-42-60)54-31-43-61(44-32-54)66(59-39-27-52(28-40-59)49-17-8-3-9-18-49)62-45-33-56(34-46-62)64-22-12-20-55-19-10-11-21-63(55)64/h1,3-6,8-13,15-17,19,21-25,27-29,31,33-41,43,45-47,49,51,55H,2,7,14,18,20,26,30,32,42,44H2. The van der Waals surface area contributed by atoms with E-state index in [-0.39, 0.29) is 0 Å². The maximum atomic E-state index is 2.53. The van der Waals surface area contributed by atoms with E-state index in [1.165, 1.54) is 78.7 Å². The molecule has 8 aliphatic carbocycles. The number of anilines is 3. The molecular weight excluding hydrogens is 797 g/mol. The third-order valence-electron chi connectivity index (χ3n) is 14.7. The smallest absolute Gasteiger partial charge is 0.0458 e. The molecule has 3 aromatic rings. The third-order valence-corrected chi connectivity index (χ3v) is 14.7. The van der Waals surface area contributed by atoms with E-state index in [0.29, 0.717) is 23.7 Å². The van der Waals surface area contributed by atoms with Gasteiger partial charge in [-0.05, 0) is 163 Å². The molecule has 8 aliphatic rings. The second-order valence-corrected chi connectivity index (χ2v) is 18.8. The zero-order chi connectivity index (χ0) is 44.1. The van der Waals surface area contributed by atoms with Gasteiger partial charge in [-0.3, -0.25) is 0 Å². The van der Waals surface area contributed by atoms with Crippen molar-refractivity contribution in [2.24, 2.45) is 11.8 Å². The van der Waals surface area contributed by atoms with Gasteiger partial charge >= 0.3 is 0 Å². The van der Waals surface area contributed by atoms with Gasteiger partial charge in [-0.1, -0.05) is 164 Å². The Morgan fingerprint density at radius 3 is 1.55 bits per heavy atom. The molecule has 3 aromatic carbocycles. The molecule has 0 heterocycles. The van der Waals surface area contributed by atoms with Crippen LogP contribution in [0.2, 0.25) is 0 Å². The van der Waals surface area contributed by atoms with Crippen LogP contribution in [0.25, 0.3) is 5.57 Å². The Labute approximate surface area is 393 Å². The van der Waals surface area contributed by atoms with Gasteiger partial charge in [0.05, 0.1) is 0 Å². The lowest BCUT2D eigenvalue weighted by Gasteiger charge is -2.34. The summed E-state index contributed by atoms with van der Waals surface area (Å²) < 4.78 is 0. The largest absolute Gasteiger partial charge is 0.315 e. The zero-order valence-electron chi connectivity index (χ0n) is 38.1. The molecule has 0 saturated carbocycles. The second-order valence-electron chi connectivity index (χ2n) is 18.8. The second kappa shape index (κ2) is 19.3. The highest BCUT2D eigenvalue weighted by atomic mass is 15.2. The molecule has 0 radical (unpaired) electrons. The van der Waals surface area contributed by atoms with E-state index in [4.69, 9.17) is 0 Å². The zero-order valence-corrected chi connectivity index (χ0v) is 38.1. The number of rotatable bonds is 11. The number of nitrogens with zero attached hydrogens (tertiary/aromatic N) is 2. The number of hydrogen-bond acceptors (Lipinski definition) is 2. The van der Waals surface area contributed by atoms with Crippen LogP contribution in [0.1, 0.15) is 92.7 Å². The highest BCUT2D eigenvalue weighted by molar-refractivity contribution is 5.82. The van der Waals surface area contributed by atoms with E-state index in [2.05, 4.69) is 228 Å². The molecule has 4 unspecified atom stereocenters. The molecule has 4 atom stereocenters. The fourth-order valence-corrected chi connectivity index (χ4v) is 11.0. The van der Waals surface area contributed by atoms with Gasteiger partial charge in [0.2, 0.25) is 0 Å². The first kappa shape index (κ1) is 41.8. The minimum absolute atomic E-state index is 0.430. The minimum atomic E-state index is 0.430. The molecule has 0 bridgehead atoms. The van der Waals surface area contributed by atoms with Crippen LogP contribution < -0.4 is 9.80 Å². The van der Waals surface area contributed by atoms with Crippen molar-refractivity contribution in [3.63, 3.8) is 0 Å². The van der Waals surface area contributed by atoms with Gasteiger partial charge in [-0.2, -0.15) is 0 Å². The highest BCUT2D eigenvalue weighted by Gasteiger charge is 2.25. The van der Waals surface area contributed by atoms with Crippen molar-refractivity contribution in [1.29, 1.82) is 0 Å². The van der Waals surface area contributed by atoms with Crippen LogP contribution in [0, 0.1) is 11.8 Å². The Morgan fingerprint density at radius 1 is 0.394 bits per heavy atom. The molecule has 0 aliphatic heterocycles. The molecule has 2 heteroatoms. The molecule has 0 N–H and O–H groups in total. The van der Waals surface area contributed by atoms with Crippen molar-refractivity contribution in [2.75, 3.05) is 9.80 Å². The van der Waals surface area contributed by atoms with E-state index in [1.807, 2.05) is 0 Å².